The average molecular weight is 349 g/mol. The maximum Gasteiger partial charge on any atom is 0.237 e. The number of anilines is 2. The molecule has 4 nitrogen and oxygen atoms in total. The van der Waals surface area contributed by atoms with Crippen LogP contribution in [0.3, 0.4) is 0 Å². The van der Waals surface area contributed by atoms with E-state index in [1.54, 1.807) is 18.2 Å². The van der Waals surface area contributed by atoms with E-state index in [1.807, 2.05) is 37.3 Å². The van der Waals surface area contributed by atoms with E-state index in [0.717, 1.165) is 4.90 Å². The normalized spacial score (nSPS) is 11.6. The van der Waals surface area contributed by atoms with Gasteiger partial charge in [0, 0.05) is 16.8 Å². The van der Waals surface area contributed by atoms with Crippen LogP contribution in [0.1, 0.15) is 13.8 Å². The van der Waals surface area contributed by atoms with Gasteiger partial charge in [-0.25, -0.2) is 0 Å². The molecule has 1 atom stereocenters. The molecule has 0 fully saturated rings. The Labute approximate surface area is 144 Å². The standard InChI is InChI=1S/C17H17ClN2O2S/c1-11(23-14-6-4-3-5-7-14)17(22)20-16-10-13(18)8-9-15(16)19-12(2)21/h3-11H,1-2H3,(H,19,21)(H,20,22). The van der Waals surface area contributed by atoms with Crippen LogP contribution < -0.4 is 10.6 Å². The van der Waals surface area contributed by atoms with Crippen LogP contribution in [0.25, 0.3) is 0 Å². The predicted octanol–water partition coefficient (Wildman–Crippen LogP) is 4.42. The summed E-state index contributed by atoms with van der Waals surface area (Å²) < 4.78 is 0. The van der Waals surface area contributed by atoms with Crippen molar-refractivity contribution in [2.24, 2.45) is 0 Å². The second-order valence-corrected chi connectivity index (χ2v) is 6.78. The highest BCUT2D eigenvalue weighted by Crippen LogP contribution is 2.28. The molecular weight excluding hydrogens is 332 g/mol. The summed E-state index contributed by atoms with van der Waals surface area (Å²) in [4.78, 5) is 24.6. The Morgan fingerprint density at radius 2 is 1.74 bits per heavy atom. The zero-order valence-electron chi connectivity index (χ0n) is 12.8. The maximum atomic E-state index is 12.4. The van der Waals surface area contributed by atoms with Gasteiger partial charge in [-0.15, -0.1) is 11.8 Å². The summed E-state index contributed by atoms with van der Waals surface area (Å²) >= 11 is 7.44. The number of hydrogen-bond donors (Lipinski definition) is 2. The van der Waals surface area contributed by atoms with Crippen LogP contribution in [-0.2, 0) is 9.59 Å². The number of thioether (sulfide) groups is 1. The van der Waals surface area contributed by atoms with Crippen LogP contribution in [0, 0.1) is 0 Å². The third-order valence-corrected chi connectivity index (χ3v) is 4.32. The molecule has 0 aliphatic carbocycles. The predicted molar refractivity (Wildman–Crippen MR) is 96.1 cm³/mol. The van der Waals surface area contributed by atoms with Gasteiger partial charge in [0.05, 0.1) is 16.6 Å². The molecule has 1 unspecified atom stereocenters. The molecule has 2 amide bonds. The molecule has 23 heavy (non-hydrogen) atoms. The van der Waals surface area contributed by atoms with E-state index in [9.17, 15) is 9.59 Å². The molecule has 0 spiro atoms. The first-order valence-electron chi connectivity index (χ1n) is 7.05. The Bertz CT molecular complexity index is 707. The fourth-order valence-electron chi connectivity index (χ4n) is 1.91. The van der Waals surface area contributed by atoms with Gasteiger partial charge in [0.2, 0.25) is 11.8 Å². The van der Waals surface area contributed by atoms with Gasteiger partial charge in [0.15, 0.2) is 0 Å². The molecule has 0 aliphatic rings. The van der Waals surface area contributed by atoms with E-state index in [0.29, 0.717) is 16.4 Å². The molecular formula is C17H17ClN2O2S. The first-order valence-corrected chi connectivity index (χ1v) is 8.31. The van der Waals surface area contributed by atoms with Gasteiger partial charge < -0.3 is 10.6 Å². The van der Waals surface area contributed by atoms with E-state index in [1.165, 1.54) is 18.7 Å². The zero-order chi connectivity index (χ0) is 16.8. The summed E-state index contributed by atoms with van der Waals surface area (Å²) in [6.45, 7) is 3.24. The molecule has 2 aromatic rings. The summed E-state index contributed by atoms with van der Waals surface area (Å²) in [7, 11) is 0. The Morgan fingerprint density at radius 3 is 2.39 bits per heavy atom. The van der Waals surface area contributed by atoms with Crippen molar-refractivity contribution in [3.8, 4) is 0 Å². The van der Waals surface area contributed by atoms with E-state index in [2.05, 4.69) is 10.6 Å². The maximum absolute atomic E-state index is 12.4. The van der Waals surface area contributed by atoms with E-state index < -0.39 is 0 Å². The quantitative estimate of drug-likeness (QED) is 0.786. The Hall–Kier alpha value is -1.98. The van der Waals surface area contributed by atoms with Crippen molar-refractivity contribution in [2.75, 3.05) is 10.6 Å². The van der Waals surface area contributed by atoms with Crippen molar-refractivity contribution in [1.82, 2.24) is 0 Å². The highest BCUT2D eigenvalue weighted by Gasteiger charge is 2.16. The van der Waals surface area contributed by atoms with Crippen molar-refractivity contribution in [3.63, 3.8) is 0 Å². The third kappa shape index (κ3) is 5.30. The highest BCUT2D eigenvalue weighted by molar-refractivity contribution is 8.00. The first-order chi connectivity index (χ1) is 11.0. The number of halogens is 1. The number of hydrogen-bond acceptors (Lipinski definition) is 3. The average Bonchev–Trinajstić information content (AvgIpc) is 2.50. The fourth-order valence-corrected chi connectivity index (χ4v) is 2.97. The monoisotopic (exact) mass is 348 g/mol. The number of amides is 2. The number of nitrogens with one attached hydrogen (secondary N) is 2. The fraction of sp³-hybridized carbons (Fsp3) is 0.176. The second kappa shape index (κ2) is 8.04. The smallest absolute Gasteiger partial charge is 0.237 e. The SMILES string of the molecule is CC(=O)Nc1ccc(Cl)cc1NC(=O)C(C)Sc1ccccc1. The van der Waals surface area contributed by atoms with Crippen molar-refractivity contribution in [2.45, 2.75) is 24.0 Å². The molecule has 120 valence electrons. The first kappa shape index (κ1) is 17.4. The van der Waals surface area contributed by atoms with Crippen molar-refractivity contribution >= 4 is 46.6 Å². The number of benzene rings is 2. The lowest BCUT2D eigenvalue weighted by atomic mass is 10.2. The highest BCUT2D eigenvalue weighted by atomic mass is 35.5. The van der Waals surface area contributed by atoms with Crippen LogP contribution in [-0.4, -0.2) is 17.1 Å². The summed E-state index contributed by atoms with van der Waals surface area (Å²) in [5.41, 5.74) is 1.00. The molecule has 6 heteroatoms. The van der Waals surface area contributed by atoms with E-state index >= 15 is 0 Å². The van der Waals surface area contributed by atoms with Gasteiger partial charge >= 0.3 is 0 Å². The van der Waals surface area contributed by atoms with Crippen LogP contribution in [0.4, 0.5) is 11.4 Å². The molecule has 0 radical (unpaired) electrons. The van der Waals surface area contributed by atoms with Gasteiger partial charge in [-0.2, -0.15) is 0 Å². The summed E-state index contributed by atoms with van der Waals surface area (Å²) in [5, 5.41) is 5.69. The van der Waals surface area contributed by atoms with Crippen LogP contribution >= 0.6 is 23.4 Å². The molecule has 0 aromatic heterocycles. The van der Waals surface area contributed by atoms with Crippen LogP contribution in [0.15, 0.2) is 53.4 Å². The number of carbonyl (C=O) groups is 2. The summed E-state index contributed by atoms with van der Waals surface area (Å²) in [6, 6.07) is 14.6. The second-order valence-electron chi connectivity index (χ2n) is 4.93. The van der Waals surface area contributed by atoms with Gasteiger partial charge in [-0.1, -0.05) is 29.8 Å². The van der Waals surface area contributed by atoms with Gasteiger partial charge in [-0.3, -0.25) is 9.59 Å². The van der Waals surface area contributed by atoms with Gasteiger partial charge in [0.25, 0.3) is 0 Å². The number of rotatable bonds is 5. The number of carbonyl (C=O) groups excluding carboxylic acids is 2. The Kier molecular flexibility index (Phi) is 6.07. The van der Waals surface area contributed by atoms with Gasteiger partial charge in [-0.05, 0) is 37.3 Å². The minimum absolute atomic E-state index is 0.160. The van der Waals surface area contributed by atoms with Crippen molar-refractivity contribution in [1.29, 1.82) is 0 Å². The molecule has 0 saturated carbocycles. The zero-order valence-corrected chi connectivity index (χ0v) is 14.4. The Morgan fingerprint density at radius 1 is 1.04 bits per heavy atom. The van der Waals surface area contributed by atoms with Crippen molar-refractivity contribution in [3.05, 3.63) is 53.6 Å². The molecule has 0 aliphatic heterocycles. The van der Waals surface area contributed by atoms with Crippen LogP contribution in [0.5, 0.6) is 0 Å². The molecule has 2 rings (SSSR count). The minimum Gasteiger partial charge on any atom is -0.325 e. The minimum atomic E-state index is -0.290. The van der Waals surface area contributed by atoms with E-state index in [-0.39, 0.29) is 17.1 Å². The molecule has 0 heterocycles. The van der Waals surface area contributed by atoms with E-state index in [4.69, 9.17) is 11.6 Å². The molecule has 2 aromatic carbocycles. The topological polar surface area (TPSA) is 58.2 Å². The molecule has 0 bridgehead atoms. The lowest BCUT2D eigenvalue weighted by molar-refractivity contribution is -0.116. The lowest BCUT2D eigenvalue weighted by Gasteiger charge is -2.15. The molecule has 2 N–H and O–H groups in total. The Balaban J connectivity index is 2.09. The summed E-state index contributed by atoms with van der Waals surface area (Å²) in [5.74, 6) is -0.373. The summed E-state index contributed by atoms with van der Waals surface area (Å²) in [6.07, 6.45) is 0. The largest absolute Gasteiger partial charge is 0.325 e. The third-order valence-electron chi connectivity index (χ3n) is 2.98. The van der Waals surface area contributed by atoms with Crippen molar-refractivity contribution < 1.29 is 9.59 Å². The van der Waals surface area contributed by atoms with Gasteiger partial charge in [0.1, 0.15) is 0 Å². The lowest BCUT2D eigenvalue weighted by Crippen LogP contribution is -2.23. The molecule has 0 saturated heterocycles. The van der Waals surface area contributed by atoms with Crippen LogP contribution in [0.2, 0.25) is 5.02 Å².